The van der Waals surface area contributed by atoms with E-state index in [4.69, 9.17) is 4.74 Å². The topological polar surface area (TPSA) is 55.4 Å². The molecule has 194 valence electrons. The van der Waals surface area contributed by atoms with E-state index in [9.17, 15) is 9.59 Å². The van der Waals surface area contributed by atoms with Crippen molar-refractivity contribution in [2.45, 2.75) is 38.8 Å². The van der Waals surface area contributed by atoms with Gasteiger partial charge in [0.1, 0.15) is 13.1 Å². The monoisotopic (exact) mass is 562 g/mol. The Balaban J connectivity index is 0.00000320. The van der Waals surface area contributed by atoms with Gasteiger partial charge in [-0.05, 0) is 30.5 Å². The lowest BCUT2D eigenvalue weighted by atomic mass is 9.82. The molecule has 0 aromatic heterocycles. The van der Waals surface area contributed by atoms with Crippen LogP contribution in [0.25, 0.3) is 0 Å². The number of ketones is 1. The number of nitrogens with zero attached hydrogens (tertiary/aromatic N) is 1. The van der Waals surface area contributed by atoms with Crippen LogP contribution in [0.4, 0.5) is 5.69 Å². The lowest BCUT2D eigenvalue weighted by Crippen LogP contribution is -3.00. The first-order valence-corrected chi connectivity index (χ1v) is 13.0. The van der Waals surface area contributed by atoms with Crippen molar-refractivity contribution < 1.29 is 35.8 Å². The Bertz CT molecular complexity index is 1200. The van der Waals surface area contributed by atoms with Gasteiger partial charge in [-0.2, -0.15) is 0 Å². The summed E-state index contributed by atoms with van der Waals surface area (Å²) in [4.78, 5) is 26.8. The first-order chi connectivity index (χ1) is 17.4. The van der Waals surface area contributed by atoms with Crippen LogP contribution in [0.2, 0.25) is 0 Å². The summed E-state index contributed by atoms with van der Waals surface area (Å²) in [6, 6.07) is 24.8. The number of halogens is 1. The van der Waals surface area contributed by atoms with Gasteiger partial charge < -0.3 is 31.5 Å². The normalized spacial score (nSPS) is 23.0. The van der Waals surface area contributed by atoms with Crippen molar-refractivity contribution in [3.05, 3.63) is 101 Å². The van der Waals surface area contributed by atoms with E-state index in [2.05, 4.69) is 5.32 Å². The van der Waals surface area contributed by atoms with Crippen molar-refractivity contribution in [3.63, 3.8) is 0 Å². The third kappa shape index (κ3) is 5.97. The van der Waals surface area contributed by atoms with Crippen LogP contribution in [0.15, 0.2) is 78.9 Å². The fourth-order valence-electron chi connectivity index (χ4n) is 5.92. The summed E-state index contributed by atoms with van der Waals surface area (Å²) in [7, 11) is 0. The van der Waals surface area contributed by atoms with Crippen molar-refractivity contribution in [1.29, 1.82) is 0 Å². The van der Waals surface area contributed by atoms with Gasteiger partial charge in [0.25, 0.3) is 0 Å². The molecule has 0 saturated carbocycles. The molecule has 0 amide bonds. The average molecular weight is 564 g/mol. The van der Waals surface area contributed by atoms with Crippen molar-refractivity contribution >= 4 is 17.4 Å². The van der Waals surface area contributed by atoms with Crippen LogP contribution in [0, 0.1) is 19.8 Å². The number of ether oxygens (including phenoxy) is 1. The minimum absolute atomic E-state index is 0. The molecule has 3 aliphatic heterocycles. The predicted octanol–water partition coefficient (Wildman–Crippen LogP) is 2.50. The molecule has 37 heavy (non-hydrogen) atoms. The lowest BCUT2D eigenvalue weighted by molar-refractivity contribution is -0.938. The zero-order chi connectivity index (χ0) is 25.1. The Kier molecular flexibility index (Phi) is 8.50. The molecule has 3 saturated heterocycles. The minimum Gasteiger partial charge on any atom is -1.00 e. The first kappa shape index (κ1) is 27.1. The van der Waals surface area contributed by atoms with Gasteiger partial charge in [0.2, 0.25) is 5.78 Å². The summed E-state index contributed by atoms with van der Waals surface area (Å²) in [6.07, 6.45) is 1.80. The third-order valence-electron chi connectivity index (χ3n) is 8.02. The Hall–Kier alpha value is -2.96. The molecule has 2 atom stereocenters. The van der Waals surface area contributed by atoms with Gasteiger partial charge in [-0.3, -0.25) is 4.79 Å². The Morgan fingerprint density at radius 1 is 0.892 bits per heavy atom. The van der Waals surface area contributed by atoms with E-state index in [0.29, 0.717) is 23.5 Å². The molecule has 3 fully saturated rings. The highest BCUT2D eigenvalue weighted by Gasteiger charge is 2.49. The Morgan fingerprint density at radius 3 is 2.11 bits per heavy atom. The second-order valence-corrected chi connectivity index (χ2v) is 10.5. The number of carbonyl (C=O) groups is 2. The van der Waals surface area contributed by atoms with E-state index in [1.54, 1.807) is 0 Å². The van der Waals surface area contributed by atoms with Crippen LogP contribution in [0.5, 0.6) is 0 Å². The van der Waals surface area contributed by atoms with Crippen LogP contribution in [-0.4, -0.2) is 48.5 Å². The number of Topliss-reactive ketones (excluding diaryl/α,β-unsaturated/α-hetero) is 1. The van der Waals surface area contributed by atoms with Crippen molar-refractivity contribution in [2.75, 3.05) is 31.5 Å². The molecule has 3 aliphatic rings. The summed E-state index contributed by atoms with van der Waals surface area (Å²) in [6.45, 7) is 7.22. The summed E-state index contributed by atoms with van der Waals surface area (Å²) < 4.78 is 6.99. The number of fused-ring (bicyclic) bond motifs is 3. The van der Waals surface area contributed by atoms with Gasteiger partial charge in [-0.1, -0.05) is 78.9 Å². The average Bonchev–Trinajstić information content (AvgIpc) is 2.90. The number of aryl methyl sites for hydroxylation is 2. The smallest absolute Gasteiger partial charge is 0.333 e. The number of hydrogen-bond acceptors (Lipinski definition) is 4. The van der Waals surface area contributed by atoms with E-state index in [1.165, 1.54) is 0 Å². The molecule has 5 nitrogen and oxygen atoms in total. The molecule has 2 bridgehead atoms. The van der Waals surface area contributed by atoms with E-state index < -0.39 is 6.04 Å². The third-order valence-corrected chi connectivity index (χ3v) is 8.02. The quantitative estimate of drug-likeness (QED) is 0.260. The minimum atomic E-state index is -0.596. The second-order valence-electron chi connectivity index (χ2n) is 10.5. The van der Waals surface area contributed by atoms with Gasteiger partial charge in [0.05, 0.1) is 13.1 Å². The van der Waals surface area contributed by atoms with Crippen LogP contribution in [0.3, 0.4) is 0 Å². The van der Waals surface area contributed by atoms with Crippen LogP contribution in [0.1, 0.15) is 45.9 Å². The maximum absolute atomic E-state index is 13.7. The van der Waals surface area contributed by atoms with Gasteiger partial charge in [-0.15, -0.1) is 0 Å². The number of rotatable bonds is 8. The molecule has 0 aliphatic carbocycles. The Labute approximate surface area is 230 Å². The SMILES string of the molecule is Cc1cccc(C)c1NC(C(=O)O[C@H]1C[N+]2(CC(=O)c3ccccc3)CCC1CC2)c1ccccc1.[Br-]. The maximum atomic E-state index is 13.7. The van der Waals surface area contributed by atoms with Gasteiger partial charge in [-0.25, -0.2) is 4.79 Å². The highest BCUT2D eigenvalue weighted by Crippen LogP contribution is 2.37. The van der Waals surface area contributed by atoms with E-state index >= 15 is 0 Å². The zero-order valence-corrected chi connectivity index (χ0v) is 23.1. The fraction of sp³-hybridized carbons (Fsp3) is 0.355. The van der Waals surface area contributed by atoms with Gasteiger partial charge in [0, 0.05) is 30.0 Å². The summed E-state index contributed by atoms with van der Waals surface area (Å²) >= 11 is 0. The molecular formula is C31H35BrN2O3. The number of quaternary nitrogens is 1. The van der Waals surface area contributed by atoms with Crippen LogP contribution >= 0.6 is 0 Å². The van der Waals surface area contributed by atoms with Crippen LogP contribution in [-0.2, 0) is 9.53 Å². The second kappa shape index (κ2) is 11.6. The predicted molar refractivity (Wildman–Crippen MR) is 142 cm³/mol. The molecule has 6 heteroatoms. The number of hydrogen-bond donors (Lipinski definition) is 1. The van der Waals surface area contributed by atoms with Gasteiger partial charge in [0.15, 0.2) is 12.1 Å². The molecule has 3 aromatic rings. The molecule has 3 heterocycles. The van der Waals surface area contributed by atoms with Crippen LogP contribution < -0.4 is 22.3 Å². The summed E-state index contributed by atoms with van der Waals surface area (Å²) in [5.41, 5.74) is 4.79. The number of carbonyl (C=O) groups excluding carboxylic acids is 2. The number of esters is 1. The maximum Gasteiger partial charge on any atom is 0.333 e. The highest BCUT2D eigenvalue weighted by atomic mass is 79.9. The van der Waals surface area contributed by atoms with E-state index in [0.717, 1.165) is 53.9 Å². The van der Waals surface area contributed by atoms with Crippen molar-refractivity contribution in [2.24, 2.45) is 5.92 Å². The number of benzene rings is 3. The standard InChI is InChI=1S/C31H35N2O3.BrH/c1-22-10-9-11-23(2)29(22)32-30(26-14-7-4-8-15-26)31(35)36-28-21-33(18-16-25(28)17-19-33)20-27(34)24-12-5-3-6-13-24;/h3-15,25,28,30,32H,16-21H2,1-2H3;1H/q+1;/p-1/t25?,28-,30?,33?;/m0./s1. The lowest BCUT2D eigenvalue weighted by Gasteiger charge is -2.51. The van der Waals surface area contributed by atoms with E-state index in [1.807, 2.05) is 92.7 Å². The Morgan fingerprint density at radius 2 is 1.49 bits per heavy atom. The zero-order valence-electron chi connectivity index (χ0n) is 21.5. The molecule has 3 aromatic carbocycles. The largest absolute Gasteiger partial charge is 1.00 e. The molecular weight excluding hydrogens is 528 g/mol. The number of anilines is 1. The number of para-hydroxylation sites is 1. The fourth-order valence-corrected chi connectivity index (χ4v) is 5.92. The summed E-state index contributed by atoms with van der Waals surface area (Å²) in [5, 5.41) is 3.49. The summed E-state index contributed by atoms with van der Waals surface area (Å²) in [5.74, 6) is 0.271. The molecule has 0 spiro atoms. The van der Waals surface area contributed by atoms with Crippen molar-refractivity contribution in [1.82, 2.24) is 0 Å². The highest BCUT2D eigenvalue weighted by molar-refractivity contribution is 5.97. The molecule has 1 N–H and O–H groups in total. The molecule has 1 unspecified atom stereocenters. The van der Waals surface area contributed by atoms with Gasteiger partial charge >= 0.3 is 5.97 Å². The number of piperidine rings is 3. The first-order valence-electron chi connectivity index (χ1n) is 13.0. The van der Waals surface area contributed by atoms with E-state index in [-0.39, 0.29) is 34.8 Å². The van der Waals surface area contributed by atoms with Crippen molar-refractivity contribution in [3.8, 4) is 0 Å². The number of nitrogens with one attached hydrogen (secondary N) is 1. The molecule has 6 rings (SSSR count). The molecule has 0 radical (unpaired) electrons.